The molecule has 0 aliphatic rings. The van der Waals surface area contributed by atoms with Crippen molar-refractivity contribution in [1.82, 2.24) is 0 Å². The number of carbonyl (C=O) groups is 1. The molecule has 2 heteroatoms. The number of halogens is 1. The van der Waals surface area contributed by atoms with Crippen molar-refractivity contribution in [3.05, 3.63) is 0 Å². The van der Waals surface area contributed by atoms with E-state index >= 15 is 0 Å². The summed E-state index contributed by atoms with van der Waals surface area (Å²) in [5, 5.41) is 0. The fraction of sp³-hybridized carbons (Fsp3) is 0.875. The molecule has 0 aliphatic carbocycles. The molecule has 0 aromatic heterocycles. The lowest BCUT2D eigenvalue weighted by Gasteiger charge is -1.90. The first kappa shape index (κ1) is 12.6. The second-order valence-corrected chi connectivity index (χ2v) is 2.33. The van der Waals surface area contributed by atoms with Crippen molar-refractivity contribution in [3.63, 3.8) is 0 Å². The van der Waals surface area contributed by atoms with Crippen LogP contribution in [0.2, 0.25) is 0 Å². The highest BCUT2D eigenvalue weighted by molar-refractivity contribution is 6.54. The first-order valence-corrected chi connectivity index (χ1v) is 4.30. The van der Waals surface area contributed by atoms with Gasteiger partial charge in [-0.25, -0.2) is 0 Å². The Morgan fingerprint density at radius 1 is 1.10 bits per heavy atom. The molecule has 0 atom stereocenters. The zero-order valence-electron chi connectivity index (χ0n) is 6.90. The van der Waals surface area contributed by atoms with Crippen molar-refractivity contribution in [1.29, 1.82) is 0 Å². The normalized spacial score (nSPS) is 7.90. The summed E-state index contributed by atoms with van der Waals surface area (Å²) in [5.74, 6) is 0.222. The number of hydrogen-bond donors (Lipinski definition) is 0. The van der Waals surface area contributed by atoms with Crippen LogP contribution in [-0.4, -0.2) is 5.75 Å². The minimum absolute atomic E-state index is 0.222. The third-order valence-corrected chi connectivity index (χ3v) is 1.21. The summed E-state index contributed by atoms with van der Waals surface area (Å²) in [6.45, 7) is 4.49. The van der Waals surface area contributed by atoms with Gasteiger partial charge in [-0.3, -0.25) is 4.79 Å². The van der Waals surface area contributed by atoms with Crippen LogP contribution in [-0.2, 0) is 4.79 Å². The highest BCUT2D eigenvalue weighted by Crippen LogP contribution is 2.00. The van der Waals surface area contributed by atoms with E-state index in [9.17, 15) is 0 Å². The standard InChI is InChI=1S/C7H16.CHClO/c1-3-5-7-6-4-2;2-1-3/h3-7H2,1-2H3;1H. The van der Waals surface area contributed by atoms with Crippen molar-refractivity contribution in [3.8, 4) is 0 Å². The van der Waals surface area contributed by atoms with Crippen molar-refractivity contribution >= 4 is 17.3 Å². The van der Waals surface area contributed by atoms with Gasteiger partial charge < -0.3 is 0 Å². The monoisotopic (exact) mass is 164 g/mol. The van der Waals surface area contributed by atoms with Crippen LogP contribution in [0.3, 0.4) is 0 Å². The van der Waals surface area contributed by atoms with Crippen molar-refractivity contribution in [2.45, 2.75) is 46.0 Å². The van der Waals surface area contributed by atoms with Gasteiger partial charge in [0.05, 0.1) is 0 Å². The van der Waals surface area contributed by atoms with Crippen LogP contribution in [0.15, 0.2) is 0 Å². The Hall–Kier alpha value is -0.0400. The number of rotatable bonds is 4. The van der Waals surface area contributed by atoms with Gasteiger partial charge in [0, 0.05) is 0 Å². The number of carbonyl (C=O) groups excluding carboxylic acids is 1. The molecule has 0 amide bonds. The van der Waals surface area contributed by atoms with Gasteiger partial charge in [-0.1, -0.05) is 46.0 Å². The van der Waals surface area contributed by atoms with Gasteiger partial charge in [-0.15, -0.1) is 0 Å². The summed E-state index contributed by atoms with van der Waals surface area (Å²) in [6, 6.07) is 0. The van der Waals surface area contributed by atoms with Crippen LogP contribution in [0, 0.1) is 0 Å². The van der Waals surface area contributed by atoms with Crippen LogP contribution in [0.4, 0.5) is 0 Å². The number of hydrogen-bond acceptors (Lipinski definition) is 1. The molecular formula is C8H17ClO. The molecule has 0 bridgehead atoms. The van der Waals surface area contributed by atoms with Gasteiger partial charge in [0.2, 0.25) is 5.75 Å². The van der Waals surface area contributed by atoms with Gasteiger partial charge in [-0.05, 0) is 11.6 Å². The van der Waals surface area contributed by atoms with E-state index in [0.717, 1.165) is 0 Å². The quantitative estimate of drug-likeness (QED) is 0.354. The zero-order chi connectivity index (χ0) is 8.24. The topological polar surface area (TPSA) is 17.1 Å². The molecule has 0 aliphatic heterocycles. The average molecular weight is 165 g/mol. The minimum atomic E-state index is 0.222. The summed E-state index contributed by atoms with van der Waals surface area (Å²) >= 11 is 4.32. The molecule has 0 fully saturated rings. The van der Waals surface area contributed by atoms with Crippen molar-refractivity contribution < 1.29 is 4.79 Å². The Morgan fingerprint density at radius 2 is 1.40 bits per heavy atom. The van der Waals surface area contributed by atoms with Gasteiger partial charge in [0.1, 0.15) is 0 Å². The van der Waals surface area contributed by atoms with Gasteiger partial charge >= 0.3 is 0 Å². The van der Waals surface area contributed by atoms with Crippen LogP contribution in [0.25, 0.3) is 0 Å². The zero-order valence-corrected chi connectivity index (χ0v) is 7.66. The molecule has 0 aromatic rings. The molecule has 0 saturated carbocycles. The van der Waals surface area contributed by atoms with E-state index in [1.807, 2.05) is 0 Å². The van der Waals surface area contributed by atoms with Crippen LogP contribution in [0.5, 0.6) is 0 Å². The van der Waals surface area contributed by atoms with Crippen LogP contribution in [0.1, 0.15) is 46.0 Å². The Bertz CT molecular complexity index is 51.2. The van der Waals surface area contributed by atoms with E-state index in [4.69, 9.17) is 4.79 Å². The smallest absolute Gasteiger partial charge is 0.208 e. The lowest BCUT2D eigenvalue weighted by atomic mass is 10.2. The van der Waals surface area contributed by atoms with E-state index < -0.39 is 0 Å². The first-order valence-electron chi connectivity index (χ1n) is 3.87. The maximum atomic E-state index is 8.57. The molecule has 0 radical (unpaired) electrons. The highest BCUT2D eigenvalue weighted by Gasteiger charge is 1.80. The molecule has 62 valence electrons. The second-order valence-electron chi connectivity index (χ2n) is 2.15. The van der Waals surface area contributed by atoms with E-state index in [2.05, 4.69) is 25.4 Å². The average Bonchev–Trinajstić information content (AvgIpc) is 1.91. The fourth-order valence-corrected chi connectivity index (χ4v) is 0.677. The predicted octanol–water partition coefficient (Wildman–Crippen LogP) is 3.39. The molecular weight excluding hydrogens is 148 g/mol. The largest absolute Gasteiger partial charge is 0.285 e. The lowest BCUT2D eigenvalue weighted by Crippen LogP contribution is -1.70. The Balaban J connectivity index is 0. The van der Waals surface area contributed by atoms with E-state index in [-0.39, 0.29) is 5.75 Å². The van der Waals surface area contributed by atoms with Gasteiger partial charge in [0.15, 0.2) is 0 Å². The fourth-order valence-electron chi connectivity index (χ4n) is 0.677. The molecule has 1 nitrogen and oxygen atoms in total. The van der Waals surface area contributed by atoms with Crippen LogP contribution < -0.4 is 0 Å². The van der Waals surface area contributed by atoms with E-state index in [0.29, 0.717) is 0 Å². The van der Waals surface area contributed by atoms with Gasteiger partial charge in [-0.2, -0.15) is 0 Å². The molecule has 0 unspecified atom stereocenters. The molecule has 0 N–H and O–H groups in total. The minimum Gasteiger partial charge on any atom is -0.285 e. The maximum Gasteiger partial charge on any atom is 0.208 e. The summed E-state index contributed by atoms with van der Waals surface area (Å²) in [6.07, 6.45) is 7.01. The first-order chi connectivity index (χ1) is 4.83. The summed E-state index contributed by atoms with van der Waals surface area (Å²) in [4.78, 5) is 8.57. The summed E-state index contributed by atoms with van der Waals surface area (Å²) < 4.78 is 0. The summed E-state index contributed by atoms with van der Waals surface area (Å²) in [5.41, 5.74) is 0. The molecule has 0 saturated heterocycles. The highest BCUT2D eigenvalue weighted by atomic mass is 35.5. The predicted molar refractivity (Wildman–Crippen MR) is 47.0 cm³/mol. The molecule has 0 spiro atoms. The van der Waals surface area contributed by atoms with Crippen molar-refractivity contribution in [2.75, 3.05) is 0 Å². The Labute approximate surface area is 68.8 Å². The Kier molecular flexibility index (Phi) is 20.2. The van der Waals surface area contributed by atoms with Crippen LogP contribution >= 0.6 is 11.6 Å². The summed E-state index contributed by atoms with van der Waals surface area (Å²) in [7, 11) is 0. The second kappa shape index (κ2) is 16.0. The maximum absolute atomic E-state index is 8.57. The van der Waals surface area contributed by atoms with Gasteiger partial charge in [0.25, 0.3) is 0 Å². The molecule has 10 heavy (non-hydrogen) atoms. The van der Waals surface area contributed by atoms with E-state index in [1.54, 1.807) is 0 Å². The van der Waals surface area contributed by atoms with E-state index in [1.165, 1.54) is 32.1 Å². The molecule has 0 heterocycles. The molecule has 0 rings (SSSR count). The SMILES string of the molecule is CCCCCCC.O=CCl. The molecule has 0 aromatic carbocycles. The number of unbranched alkanes of at least 4 members (excludes halogenated alkanes) is 4. The van der Waals surface area contributed by atoms with Crippen molar-refractivity contribution in [2.24, 2.45) is 0 Å². The third-order valence-electron chi connectivity index (χ3n) is 1.21. The Morgan fingerprint density at radius 3 is 1.60 bits per heavy atom. The third kappa shape index (κ3) is 24.6. The lowest BCUT2D eigenvalue weighted by molar-refractivity contribution is 0.569.